The van der Waals surface area contributed by atoms with Gasteiger partial charge in [-0.05, 0) is 49.2 Å². The molecule has 3 aromatic rings. The van der Waals surface area contributed by atoms with Gasteiger partial charge in [0.15, 0.2) is 5.78 Å². The topological polar surface area (TPSA) is 92.8 Å². The summed E-state index contributed by atoms with van der Waals surface area (Å²) in [5.41, 5.74) is 1.03. The Morgan fingerprint density at radius 2 is 1.69 bits per heavy atom. The van der Waals surface area contributed by atoms with E-state index in [2.05, 4.69) is 5.32 Å². The fourth-order valence-corrected chi connectivity index (χ4v) is 6.27. The van der Waals surface area contributed by atoms with Crippen LogP contribution in [0.5, 0.6) is 5.75 Å². The molecule has 1 saturated heterocycles. The van der Waals surface area contributed by atoms with Gasteiger partial charge in [0.05, 0.1) is 18.7 Å². The fourth-order valence-electron chi connectivity index (χ4n) is 4.16. The lowest BCUT2D eigenvalue weighted by atomic mass is 9.97. The average Bonchev–Trinajstić information content (AvgIpc) is 2.89. The number of nitrogens with zero attached hydrogens (tertiary/aromatic N) is 1. The maximum atomic E-state index is 13.4. The first-order valence-corrected chi connectivity index (χ1v) is 13.4. The Balaban J connectivity index is 1.56. The number of benzene rings is 3. The number of ketones is 1. The zero-order valence-corrected chi connectivity index (χ0v) is 21.7. The predicted octanol–water partition coefficient (Wildman–Crippen LogP) is 5.27. The molecule has 0 aromatic heterocycles. The minimum atomic E-state index is -3.96. The number of nitrogens with one attached hydrogen (secondary N) is 1. The van der Waals surface area contributed by atoms with Gasteiger partial charge < -0.3 is 10.1 Å². The van der Waals surface area contributed by atoms with Crippen molar-refractivity contribution in [3.63, 3.8) is 0 Å². The maximum Gasteiger partial charge on any atom is 0.246 e. The minimum Gasteiger partial charge on any atom is -0.495 e. The van der Waals surface area contributed by atoms with Crippen molar-refractivity contribution in [2.45, 2.75) is 17.7 Å². The molecule has 4 rings (SSSR count). The molecule has 1 aliphatic heterocycles. The Labute approximate surface area is 220 Å². The lowest BCUT2D eigenvalue weighted by molar-refractivity contribution is -0.120. The Bertz CT molecular complexity index is 1400. The third-order valence-electron chi connectivity index (χ3n) is 6.02. The van der Waals surface area contributed by atoms with Crippen LogP contribution in [0.2, 0.25) is 10.0 Å². The lowest BCUT2D eigenvalue weighted by Gasteiger charge is -2.31. The van der Waals surface area contributed by atoms with Gasteiger partial charge in [0.2, 0.25) is 15.9 Å². The van der Waals surface area contributed by atoms with Gasteiger partial charge in [0.25, 0.3) is 0 Å². The zero-order chi connectivity index (χ0) is 25.9. The number of amides is 1. The summed E-state index contributed by atoms with van der Waals surface area (Å²) >= 11 is 12.2. The van der Waals surface area contributed by atoms with E-state index >= 15 is 0 Å². The van der Waals surface area contributed by atoms with Crippen LogP contribution in [-0.2, 0) is 14.8 Å². The molecule has 10 heteroatoms. The maximum absolute atomic E-state index is 13.4. The molecule has 1 atom stereocenters. The van der Waals surface area contributed by atoms with Crippen molar-refractivity contribution in [1.82, 2.24) is 4.31 Å². The smallest absolute Gasteiger partial charge is 0.246 e. The number of hydrogen-bond acceptors (Lipinski definition) is 5. The van der Waals surface area contributed by atoms with Gasteiger partial charge in [-0.25, -0.2) is 8.42 Å². The van der Waals surface area contributed by atoms with Gasteiger partial charge in [-0.2, -0.15) is 4.31 Å². The number of halogens is 2. The van der Waals surface area contributed by atoms with Crippen molar-refractivity contribution in [2.24, 2.45) is 5.92 Å². The molecule has 0 aliphatic carbocycles. The first-order chi connectivity index (χ1) is 17.2. The van der Waals surface area contributed by atoms with E-state index in [4.69, 9.17) is 27.9 Å². The first kappa shape index (κ1) is 26.2. The number of hydrogen-bond donors (Lipinski definition) is 1. The van der Waals surface area contributed by atoms with Crippen LogP contribution in [0.15, 0.2) is 71.6 Å². The molecule has 0 saturated carbocycles. The summed E-state index contributed by atoms with van der Waals surface area (Å²) in [6, 6.07) is 17.7. The fraction of sp³-hybridized carbons (Fsp3) is 0.231. The minimum absolute atomic E-state index is 0.0145. The summed E-state index contributed by atoms with van der Waals surface area (Å²) < 4.78 is 33.3. The lowest BCUT2D eigenvalue weighted by Crippen LogP contribution is -2.43. The second-order valence-electron chi connectivity index (χ2n) is 8.37. The summed E-state index contributed by atoms with van der Waals surface area (Å²) in [6.07, 6.45) is 0.997. The number of carbonyl (C=O) groups is 2. The number of rotatable bonds is 7. The quantitative estimate of drug-likeness (QED) is 0.407. The number of piperidine rings is 1. The Morgan fingerprint density at radius 3 is 2.42 bits per heavy atom. The monoisotopic (exact) mass is 546 g/mol. The van der Waals surface area contributed by atoms with E-state index in [0.29, 0.717) is 29.1 Å². The van der Waals surface area contributed by atoms with Crippen LogP contribution < -0.4 is 10.1 Å². The molecule has 0 unspecified atom stereocenters. The van der Waals surface area contributed by atoms with Gasteiger partial charge in [0, 0.05) is 34.3 Å². The van der Waals surface area contributed by atoms with E-state index in [0.717, 1.165) is 0 Å². The van der Waals surface area contributed by atoms with Crippen LogP contribution in [0.1, 0.15) is 28.8 Å². The summed E-state index contributed by atoms with van der Waals surface area (Å²) in [7, 11) is -2.57. The second kappa shape index (κ2) is 11.0. The molecule has 0 radical (unpaired) electrons. The largest absolute Gasteiger partial charge is 0.495 e. The Hall–Kier alpha value is -2.91. The van der Waals surface area contributed by atoms with Crippen molar-refractivity contribution >= 4 is 50.6 Å². The third-order valence-corrected chi connectivity index (χ3v) is 8.38. The number of ether oxygens (including phenoxy) is 1. The van der Waals surface area contributed by atoms with Crippen molar-refractivity contribution in [3.8, 4) is 5.75 Å². The molecule has 3 aromatic carbocycles. The number of carbonyl (C=O) groups excluding carboxylic acids is 2. The highest BCUT2D eigenvalue weighted by Gasteiger charge is 2.35. The molecule has 36 heavy (non-hydrogen) atoms. The van der Waals surface area contributed by atoms with E-state index < -0.39 is 15.9 Å². The molecule has 1 N–H and O–H groups in total. The summed E-state index contributed by atoms with van der Waals surface area (Å²) in [5.74, 6) is -1.10. The van der Waals surface area contributed by atoms with Crippen LogP contribution in [0, 0.1) is 5.92 Å². The van der Waals surface area contributed by atoms with Crippen LogP contribution >= 0.6 is 23.2 Å². The van der Waals surface area contributed by atoms with Gasteiger partial charge >= 0.3 is 0 Å². The van der Waals surface area contributed by atoms with Crippen LogP contribution in [-0.4, -0.2) is 44.6 Å². The van der Waals surface area contributed by atoms with Crippen LogP contribution in [0.25, 0.3) is 0 Å². The van der Waals surface area contributed by atoms with Crippen LogP contribution in [0.4, 0.5) is 5.69 Å². The van der Waals surface area contributed by atoms with E-state index in [1.165, 1.54) is 29.6 Å². The predicted molar refractivity (Wildman–Crippen MR) is 139 cm³/mol. The average molecular weight is 547 g/mol. The highest BCUT2D eigenvalue weighted by molar-refractivity contribution is 7.89. The van der Waals surface area contributed by atoms with Crippen molar-refractivity contribution in [3.05, 3.63) is 87.9 Å². The van der Waals surface area contributed by atoms with Crippen LogP contribution in [0.3, 0.4) is 0 Å². The zero-order valence-electron chi connectivity index (χ0n) is 19.4. The van der Waals surface area contributed by atoms with E-state index in [9.17, 15) is 18.0 Å². The number of methoxy groups -OCH3 is 1. The van der Waals surface area contributed by atoms with Gasteiger partial charge in [-0.3, -0.25) is 9.59 Å². The molecular formula is C26H24Cl2N2O5S. The SMILES string of the molecule is COc1ccc(Cl)cc1S(=O)(=O)N1CCC[C@@H](C(=O)Nc2ccc(Cl)cc2C(=O)c2ccccc2)C1. The van der Waals surface area contributed by atoms with Gasteiger partial charge in [0.1, 0.15) is 10.6 Å². The summed E-state index contributed by atoms with van der Waals surface area (Å²) in [4.78, 5) is 26.3. The van der Waals surface area contributed by atoms with Gasteiger partial charge in [-0.15, -0.1) is 0 Å². The highest BCUT2D eigenvalue weighted by Crippen LogP contribution is 2.32. The van der Waals surface area contributed by atoms with E-state index in [1.54, 1.807) is 48.5 Å². The van der Waals surface area contributed by atoms with E-state index in [-0.39, 0.29) is 46.0 Å². The molecule has 7 nitrogen and oxygen atoms in total. The molecule has 1 fully saturated rings. The Kier molecular flexibility index (Phi) is 8.00. The van der Waals surface area contributed by atoms with Crippen molar-refractivity contribution in [1.29, 1.82) is 0 Å². The van der Waals surface area contributed by atoms with Gasteiger partial charge in [-0.1, -0.05) is 53.5 Å². The molecule has 188 valence electrons. The molecule has 1 heterocycles. The normalized spacial score (nSPS) is 16.4. The Morgan fingerprint density at radius 1 is 1.00 bits per heavy atom. The number of sulfonamides is 1. The standard InChI is InChI=1S/C26H24Cl2N2O5S/c1-35-23-12-10-20(28)15-24(23)36(33,34)30-13-5-8-18(16-30)26(32)29-22-11-9-19(27)14-21(22)25(31)17-6-3-2-4-7-17/h2-4,6-7,9-12,14-15,18H,5,8,13,16H2,1H3,(H,29,32)/t18-/m1/s1. The van der Waals surface area contributed by atoms with Crippen molar-refractivity contribution in [2.75, 3.05) is 25.5 Å². The summed E-state index contributed by atoms with van der Waals surface area (Å²) in [6.45, 7) is 0.250. The highest BCUT2D eigenvalue weighted by atomic mass is 35.5. The molecule has 0 spiro atoms. The third kappa shape index (κ3) is 5.57. The molecule has 1 amide bonds. The molecular weight excluding hydrogens is 523 g/mol. The first-order valence-electron chi connectivity index (χ1n) is 11.2. The second-order valence-corrected chi connectivity index (χ2v) is 11.2. The summed E-state index contributed by atoms with van der Waals surface area (Å²) in [5, 5.41) is 3.44. The van der Waals surface area contributed by atoms with E-state index in [1.807, 2.05) is 0 Å². The van der Waals surface area contributed by atoms with Crippen molar-refractivity contribution < 1.29 is 22.7 Å². The molecule has 0 bridgehead atoms. The number of anilines is 1. The molecule has 1 aliphatic rings.